The molecule has 1 fully saturated rings. The first kappa shape index (κ1) is 15.5. The fourth-order valence-corrected chi connectivity index (χ4v) is 3.42. The number of benzene rings is 1. The van der Waals surface area contributed by atoms with Crippen molar-refractivity contribution in [2.24, 2.45) is 5.92 Å². The molecule has 1 aliphatic rings. The molecule has 0 aliphatic carbocycles. The SMILES string of the molecule is Cc1ccc(S(=O)(=O)OCC2CC[N+](C)(C)CC2)cc1. The number of quaternary nitrogens is 1. The van der Waals surface area contributed by atoms with Crippen molar-refractivity contribution < 1.29 is 17.1 Å². The van der Waals surface area contributed by atoms with Gasteiger partial charge < -0.3 is 4.48 Å². The Balaban J connectivity index is 1.92. The molecule has 0 bridgehead atoms. The average molecular weight is 298 g/mol. The summed E-state index contributed by atoms with van der Waals surface area (Å²) in [6.07, 6.45) is 2.05. The first-order valence-corrected chi connectivity index (χ1v) is 8.47. The molecular formula is C15H24NO3S+. The van der Waals surface area contributed by atoms with Crippen molar-refractivity contribution in [3.63, 3.8) is 0 Å². The fourth-order valence-electron chi connectivity index (χ4n) is 2.45. The fraction of sp³-hybridized carbons (Fsp3) is 0.600. The van der Waals surface area contributed by atoms with Gasteiger partial charge in [-0.05, 0) is 25.0 Å². The molecule has 1 aromatic rings. The van der Waals surface area contributed by atoms with Crippen LogP contribution < -0.4 is 0 Å². The number of likely N-dealkylation sites (tertiary alicyclic amines) is 1. The highest BCUT2D eigenvalue weighted by Crippen LogP contribution is 2.22. The van der Waals surface area contributed by atoms with Crippen LogP contribution in [-0.2, 0) is 14.3 Å². The monoisotopic (exact) mass is 298 g/mol. The highest BCUT2D eigenvalue weighted by Gasteiger charge is 2.27. The van der Waals surface area contributed by atoms with Crippen LogP contribution in [0.1, 0.15) is 18.4 Å². The molecule has 0 radical (unpaired) electrons. The number of rotatable bonds is 4. The molecule has 1 heterocycles. The van der Waals surface area contributed by atoms with Crippen LogP contribution in [-0.4, -0.2) is 46.7 Å². The van der Waals surface area contributed by atoms with Crippen LogP contribution in [0.4, 0.5) is 0 Å². The van der Waals surface area contributed by atoms with Crippen molar-refractivity contribution in [1.82, 2.24) is 0 Å². The van der Waals surface area contributed by atoms with Gasteiger partial charge in [-0.1, -0.05) is 17.7 Å². The van der Waals surface area contributed by atoms with Gasteiger partial charge >= 0.3 is 0 Å². The normalized spacial score (nSPS) is 19.9. The molecule has 4 nitrogen and oxygen atoms in total. The third-order valence-electron chi connectivity index (χ3n) is 4.05. The van der Waals surface area contributed by atoms with Crippen LogP contribution in [0.2, 0.25) is 0 Å². The van der Waals surface area contributed by atoms with E-state index in [1.54, 1.807) is 24.3 Å². The van der Waals surface area contributed by atoms with E-state index in [1.807, 2.05) is 6.92 Å². The zero-order valence-electron chi connectivity index (χ0n) is 12.5. The lowest BCUT2D eigenvalue weighted by Gasteiger charge is -2.36. The average Bonchev–Trinajstić information content (AvgIpc) is 2.38. The van der Waals surface area contributed by atoms with E-state index in [2.05, 4.69) is 14.1 Å². The quantitative estimate of drug-likeness (QED) is 0.632. The lowest BCUT2D eigenvalue weighted by molar-refractivity contribution is -0.896. The van der Waals surface area contributed by atoms with Crippen LogP contribution in [0.5, 0.6) is 0 Å². The standard InChI is InChI=1S/C15H24NO3S/c1-13-4-6-15(7-5-13)20(17,18)19-12-14-8-10-16(2,3)11-9-14/h4-7,14H,8-12H2,1-3H3/q+1. The maximum absolute atomic E-state index is 12.1. The van der Waals surface area contributed by atoms with E-state index in [-0.39, 0.29) is 4.90 Å². The predicted octanol–water partition coefficient (Wildman–Crippen LogP) is 2.19. The second-order valence-electron chi connectivity index (χ2n) is 6.38. The first-order valence-electron chi connectivity index (χ1n) is 7.07. The summed E-state index contributed by atoms with van der Waals surface area (Å²) < 4.78 is 30.4. The summed E-state index contributed by atoms with van der Waals surface area (Å²) in [6, 6.07) is 6.78. The Kier molecular flexibility index (Phi) is 4.52. The third kappa shape index (κ3) is 4.04. The van der Waals surface area contributed by atoms with E-state index >= 15 is 0 Å². The van der Waals surface area contributed by atoms with E-state index in [0.29, 0.717) is 12.5 Å². The van der Waals surface area contributed by atoms with Gasteiger partial charge in [0.05, 0.1) is 38.7 Å². The van der Waals surface area contributed by atoms with Gasteiger partial charge in [0.2, 0.25) is 0 Å². The third-order valence-corrected chi connectivity index (χ3v) is 5.35. The van der Waals surface area contributed by atoms with Crippen molar-refractivity contribution in [1.29, 1.82) is 0 Å². The molecule has 0 aromatic heterocycles. The summed E-state index contributed by atoms with van der Waals surface area (Å²) in [5.41, 5.74) is 1.04. The second kappa shape index (κ2) is 5.84. The number of hydrogen-bond acceptors (Lipinski definition) is 3. The van der Waals surface area contributed by atoms with Crippen LogP contribution in [0.3, 0.4) is 0 Å². The molecule has 0 amide bonds. The van der Waals surface area contributed by atoms with Gasteiger partial charge in [-0.3, -0.25) is 4.18 Å². The number of aryl methyl sites for hydroxylation is 1. The minimum Gasteiger partial charge on any atom is -0.328 e. The van der Waals surface area contributed by atoms with Gasteiger partial charge in [-0.25, -0.2) is 0 Å². The van der Waals surface area contributed by atoms with Crippen molar-refractivity contribution in [2.75, 3.05) is 33.8 Å². The molecule has 112 valence electrons. The van der Waals surface area contributed by atoms with Crippen molar-refractivity contribution in [3.05, 3.63) is 29.8 Å². The zero-order valence-corrected chi connectivity index (χ0v) is 13.3. The summed E-state index contributed by atoms with van der Waals surface area (Å²) in [5, 5.41) is 0. The predicted molar refractivity (Wildman–Crippen MR) is 78.9 cm³/mol. The number of hydrogen-bond donors (Lipinski definition) is 0. The van der Waals surface area contributed by atoms with Crippen molar-refractivity contribution >= 4 is 10.1 Å². The van der Waals surface area contributed by atoms with Crippen LogP contribution >= 0.6 is 0 Å². The van der Waals surface area contributed by atoms with E-state index in [9.17, 15) is 8.42 Å². The molecule has 5 heteroatoms. The molecule has 0 atom stereocenters. The Hall–Kier alpha value is -0.910. The highest BCUT2D eigenvalue weighted by atomic mass is 32.2. The molecule has 1 saturated heterocycles. The molecule has 2 rings (SSSR count). The number of nitrogens with zero attached hydrogens (tertiary/aromatic N) is 1. The first-order chi connectivity index (χ1) is 9.28. The summed E-state index contributed by atoms with van der Waals surface area (Å²) in [7, 11) is 0.807. The molecular weight excluding hydrogens is 274 g/mol. The largest absolute Gasteiger partial charge is 0.328 e. The Morgan fingerprint density at radius 1 is 1.15 bits per heavy atom. The van der Waals surface area contributed by atoms with E-state index in [4.69, 9.17) is 4.18 Å². The van der Waals surface area contributed by atoms with E-state index < -0.39 is 10.1 Å². The Labute approximate surface area is 122 Å². The summed E-state index contributed by atoms with van der Waals surface area (Å²) in [5.74, 6) is 0.348. The Morgan fingerprint density at radius 3 is 2.25 bits per heavy atom. The van der Waals surface area contributed by atoms with Crippen LogP contribution in [0.15, 0.2) is 29.2 Å². The lowest BCUT2D eigenvalue weighted by atomic mass is 9.97. The maximum atomic E-state index is 12.1. The minimum absolute atomic E-state index is 0.245. The smallest absolute Gasteiger partial charge is 0.296 e. The van der Waals surface area contributed by atoms with E-state index in [0.717, 1.165) is 36.0 Å². The summed E-state index contributed by atoms with van der Waals surface area (Å²) in [6.45, 7) is 4.40. The lowest BCUT2D eigenvalue weighted by Crippen LogP contribution is -2.46. The Bertz CT molecular complexity index is 539. The van der Waals surface area contributed by atoms with Gasteiger partial charge in [0.1, 0.15) is 0 Å². The van der Waals surface area contributed by atoms with Gasteiger partial charge in [0.25, 0.3) is 10.1 Å². The molecule has 1 aromatic carbocycles. The summed E-state index contributed by atoms with van der Waals surface area (Å²) >= 11 is 0. The second-order valence-corrected chi connectivity index (χ2v) is 7.99. The molecule has 20 heavy (non-hydrogen) atoms. The van der Waals surface area contributed by atoms with Gasteiger partial charge in [-0.15, -0.1) is 0 Å². The maximum Gasteiger partial charge on any atom is 0.296 e. The van der Waals surface area contributed by atoms with Gasteiger partial charge in [0.15, 0.2) is 0 Å². The molecule has 0 spiro atoms. The molecule has 1 aliphatic heterocycles. The number of piperidine rings is 1. The molecule has 0 saturated carbocycles. The van der Waals surface area contributed by atoms with E-state index in [1.165, 1.54) is 0 Å². The molecule has 0 N–H and O–H groups in total. The minimum atomic E-state index is -3.61. The zero-order chi connectivity index (χ0) is 14.8. The van der Waals surface area contributed by atoms with Gasteiger partial charge in [0, 0.05) is 12.8 Å². The van der Waals surface area contributed by atoms with Crippen molar-refractivity contribution in [3.8, 4) is 0 Å². The van der Waals surface area contributed by atoms with Gasteiger partial charge in [-0.2, -0.15) is 8.42 Å². The molecule has 0 unspecified atom stereocenters. The van der Waals surface area contributed by atoms with Crippen molar-refractivity contribution in [2.45, 2.75) is 24.7 Å². The topological polar surface area (TPSA) is 43.4 Å². The highest BCUT2D eigenvalue weighted by molar-refractivity contribution is 7.86. The van der Waals surface area contributed by atoms with Crippen LogP contribution in [0.25, 0.3) is 0 Å². The van der Waals surface area contributed by atoms with Crippen LogP contribution in [0, 0.1) is 12.8 Å². The summed E-state index contributed by atoms with van der Waals surface area (Å²) in [4.78, 5) is 0.245. The Morgan fingerprint density at radius 2 is 1.70 bits per heavy atom.